The van der Waals surface area contributed by atoms with Gasteiger partial charge in [-0.3, -0.25) is 9.59 Å². The first-order valence-corrected chi connectivity index (χ1v) is 10.7. The van der Waals surface area contributed by atoms with E-state index in [9.17, 15) is 9.59 Å². The Balaban J connectivity index is 1.69. The lowest BCUT2D eigenvalue weighted by Gasteiger charge is -2.49. The molecule has 5 nitrogen and oxygen atoms in total. The molecule has 0 spiro atoms. The standard InChI is InChI=1S/C24H30O5/c1-5-27-17-12-16-6-7-18-19(23(16)21(13-17)28-14(2)25)10-11-24(4)20(18)8-9-22(24)29-15(3)26/h9,12-13,18-20H,5-8,10-11H2,1-4H3/t18-,19+,20+,24+/m1/s1. The van der Waals surface area contributed by atoms with Crippen molar-refractivity contribution in [1.82, 2.24) is 0 Å². The van der Waals surface area contributed by atoms with E-state index in [0.717, 1.165) is 43.6 Å². The molecular formula is C24H30O5. The highest BCUT2D eigenvalue weighted by molar-refractivity contribution is 5.71. The van der Waals surface area contributed by atoms with E-state index in [-0.39, 0.29) is 17.4 Å². The van der Waals surface area contributed by atoms with Gasteiger partial charge < -0.3 is 14.2 Å². The summed E-state index contributed by atoms with van der Waals surface area (Å²) in [6, 6.07) is 3.99. The summed E-state index contributed by atoms with van der Waals surface area (Å²) in [5, 5.41) is 0. The van der Waals surface area contributed by atoms with Gasteiger partial charge in [0.25, 0.3) is 0 Å². The second kappa shape index (κ2) is 7.51. The van der Waals surface area contributed by atoms with Crippen molar-refractivity contribution in [3.8, 4) is 11.5 Å². The van der Waals surface area contributed by atoms with Crippen molar-refractivity contribution in [3.05, 3.63) is 35.1 Å². The highest BCUT2D eigenvalue weighted by Crippen LogP contribution is 2.62. The predicted molar refractivity (Wildman–Crippen MR) is 109 cm³/mol. The molecule has 0 saturated heterocycles. The molecule has 0 unspecified atom stereocenters. The van der Waals surface area contributed by atoms with Gasteiger partial charge in [0, 0.05) is 30.9 Å². The Labute approximate surface area is 172 Å². The van der Waals surface area contributed by atoms with Gasteiger partial charge in [0.05, 0.1) is 6.61 Å². The van der Waals surface area contributed by atoms with Crippen LogP contribution in [0.15, 0.2) is 24.0 Å². The molecule has 1 saturated carbocycles. The van der Waals surface area contributed by atoms with Crippen LogP contribution in [0.3, 0.4) is 0 Å². The lowest BCUT2D eigenvalue weighted by Crippen LogP contribution is -2.41. The fourth-order valence-electron chi connectivity index (χ4n) is 5.99. The molecule has 5 heteroatoms. The maximum absolute atomic E-state index is 11.8. The van der Waals surface area contributed by atoms with Crippen molar-refractivity contribution in [1.29, 1.82) is 0 Å². The van der Waals surface area contributed by atoms with E-state index in [0.29, 0.717) is 30.1 Å². The number of ether oxygens (including phenoxy) is 3. The first kappa shape index (κ1) is 20.0. The van der Waals surface area contributed by atoms with Crippen LogP contribution < -0.4 is 9.47 Å². The molecule has 0 radical (unpaired) electrons. The van der Waals surface area contributed by atoms with Crippen molar-refractivity contribution in [3.63, 3.8) is 0 Å². The van der Waals surface area contributed by atoms with E-state index in [1.807, 2.05) is 13.0 Å². The van der Waals surface area contributed by atoms with Crippen LogP contribution in [0, 0.1) is 17.3 Å². The molecule has 0 amide bonds. The van der Waals surface area contributed by atoms with Crippen molar-refractivity contribution < 1.29 is 23.8 Å². The Morgan fingerprint density at radius 1 is 1.14 bits per heavy atom. The van der Waals surface area contributed by atoms with Gasteiger partial charge in [-0.25, -0.2) is 0 Å². The van der Waals surface area contributed by atoms with Crippen LogP contribution in [0.4, 0.5) is 0 Å². The van der Waals surface area contributed by atoms with Gasteiger partial charge in [-0.15, -0.1) is 0 Å². The summed E-state index contributed by atoms with van der Waals surface area (Å²) in [4.78, 5) is 23.4. The topological polar surface area (TPSA) is 61.8 Å². The predicted octanol–water partition coefficient (Wildman–Crippen LogP) is 4.92. The third-order valence-electron chi connectivity index (χ3n) is 7.08. The van der Waals surface area contributed by atoms with Gasteiger partial charge >= 0.3 is 11.9 Å². The van der Waals surface area contributed by atoms with Crippen LogP contribution in [0.2, 0.25) is 0 Å². The zero-order valence-electron chi connectivity index (χ0n) is 17.7. The molecule has 29 heavy (non-hydrogen) atoms. The largest absolute Gasteiger partial charge is 0.494 e. The number of allylic oxidation sites excluding steroid dienone is 2. The first-order valence-electron chi connectivity index (χ1n) is 10.7. The minimum absolute atomic E-state index is 0.0861. The molecule has 3 aliphatic rings. The quantitative estimate of drug-likeness (QED) is 0.532. The van der Waals surface area contributed by atoms with Crippen LogP contribution >= 0.6 is 0 Å². The summed E-state index contributed by atoms with van der Waals surface area (Å²) in [7, 11) is 0. The molecule has 4 rings (SSSR count). The first-order chi connectivity index (χ1) is 13.8. The molecule has 156 valence electrons. The van der Waals surface area contributed by atoms with Crippen LogP contribution in [0.1, 0.15) is 70.4 Å². The Morgan fingerprint density at radius 3 is 2.59 bits per heavy atom. The van der Waals surface area contributed by atoms with E-state index in [1.54, 1.807) is 0 Å². The minimum Gasteiger partial charge on any atom is -0.494 e. The summed E-state index contributed by atoms with van der Waals surface area (Å²) in [5.74, 6) is 3.01. The second-order valence-corrected chi connectivity index (χ2v) is 8.79. The summed E-state index contributed by atoms with van der Waals surface area (Å²) >= 11 is 0. The second-order valence-electron chi connectivity index (χ2n) is 8.79. The van der Waals surface area contributed by atoms with Crippen molar-refractivity contribution in [2.24, 2.45) is 17.3 Å². The monoisotopic (exact) mass is 398 g/mol. The Kier molecular flexibility index (Phi) is 5.18. The molecular weight excluding hydrogens is 368 g/mol. The maximum atomic E-state index is 11.8. The van der Waals surface area contributed by atoms with Crippen LogP contribution in [0.25, 0.3) is 0 Å². The molecule has 0 aromatic heterocycles. The highest BCUT2D eigenvalue weighted by atomic mass is 16.5. The molecule has 3 aliphatic carbocycles. The summed E-state index contributed by atoms with van der Waals surface area (Å²) < 4.78 is 17.0. The number of carbonyl (C=O) groups is 2. The number of carbonyl (C=O) groups excluding carboxylic acids is 2. The van der Waals surface area contributed by atoms with Crippen molar-refractivity contribution >= 4 is 11.9 Å². The lowest BCUT2D eigenvalue weighted by atomic mass is 9.55. The Hall–Kier alpha value is -2.30. The molecule has 0 aliphatic heterocycles. The Morgan fingerprint density at radius 2 is 1.90 bits per heavy atom. The van der Waals surface area contributed by atoms with E-state index in [2.05, 4.69) is 19.1 Å². The fourth-order valence-corrected chi connectivity index (χ4v) is 5.99. The number of fused-ring (bicyclic) bond motifs is 5. The van der Waals surface area contributed by atoms with Gasteiger partial charge in [-0.1, -0.05) is 6.92 Å². The Bertz CT molecular complexity index is 870. The number of esters is 2. The molecule has 4 atom stereocenters. The van der Waals surface area contributed by atoms with Crippen molar-refractivity contribution in [2.45, 2.75) is 65.7 Å². The maximum Gasteiger partial charge on any atom is 0.308 e. The third kappa shape index (κ3) is 3.45. The van der Waals surface area contributed by atoms with Crippen LogP contribution in [0.5, 0.6) is 11.5 Å². The molecule has 0 bridgehead atoms. The number of hydrogen-bond acceptors (Lipinski definition) is 5. The number of aryl methyl sites for hydroxylation is 1. The van der Waals surface area contributed by atoms with Gasteiger partial charge in [0.15, 0.2) is 0 Å². The smallest absolute Gasteiger partial charge is 0.308 e. The van der Waals surface area contributed by atoms with Crippen LogP contribution in [-0.4, -0.2) is 18.5 Å². The van der Waals surface area contributed by atoms with Gasteiger partial charge in [0.1, 0.15) is 17.3 Å². The zero-order chi connectivity index (χ0) is 20.8. The molecule has 1 fully saturated rings. The molecule has 0 N–H and O–H groups in total. The number of hydrogen-bond donors (Lipinski definition) is 0. The van der Waals surface area contributed by atoms with E-state index < -0.39 is 0 Å². The fraction of sp³-hybridized carbons (Fsp3) is 0.583. The third-order valence-corrected chi connectivity index (χ3v) is 7.08. The summed E-state index contributed by atoms with van der Waals surface area (Å²) in [6.07, 6.45) is 7.05. The minimum atomic E-state index is -0.303. The van der Waals surface area contributed by atoms with Crippen molar-refractivity contribution in [2.75, 3.05) is 6.61 Å². The molecule has 0 heterocycles. The summed E-state index contributed by atoms with van der Waals surface area (Å²) in [6.45, 7) is 7.70. The average molecular weight is 398 g/mol. The van der Waals surface area contributed by atoms with Gasteiger partial charge in [0.2, 0.25) is 0 Å². The van der Waals surface area contributed by atoms with Crippen LogP contribution in [-0.2, 0) is 20.7 Å². The van der Waals surface area contributed by atoms with E-state index in [1.165, 1.54) is 25.0 Å². The number of benzene rings is 1. The molecule has 1 aromatic carbocycles. The average Bonchev–Trinajstić information content (AvgIpc) is 2.97. The summed E-state index contributed by atoms with van der Waals surface area (Å²) in [5.41, 5.74) is 2.34. The molecule has 1 aromatic rings. The highest BCUT2D eigenvalue weighted by Gasteiger charge is 2.53. The van der Waals surface area contributed by atoms with Gasteiger partial charge in [-0.05, 0) is 74.5 Å². The normalized spacial score (nSPS) is 29.8. The van der Waals surface area contributed by atoms with E-state index >= 15 is 0 Å². The van der Waals surface area contributed by atoms with Gasteiger partial charge in [-0.2, -0.15) is 0 Å². The van der Waals surface area contributed by atoms with E-state index in [4.69, 9.17) is 14.2 Å². The number of rotatable bonds is 4. The zero-order valence-corrected chi connectivity index (χ0v) is 17.7. The SMILES string of the molecule is CCOc1cc2c(c(OC(C)=O)c1)[C@H]1CC[C@]3(C)C(OC(C)=O)=CC[C@H]3[C@@H]1CC2. The lowest BCUT2D eigenvalue weighted by molar-refractivity contribution is -0.139.